The third-order valence-electron chi connectivity index (χ3n) is 5.23. The number of amidine groups is 1. The van der Waals surface area contributed by atoms with Crippen LogP contribution >= 0.6 is 11.8 Å². The fourth-order valence-corrected chi connectivity index (χ4v) is 4.37. The fourth-order valence-electron chi connectivity index (χ4n) is 3.77. The Morgan fingerprint density at radius 2 is 1.90 bits per heavy atom. The van der Waals surface area contributed by atoms with E-state index in [2.05, 4.69) is 20.0 Å². The largest absolute Gasteiger partial charge is 0.378 e. The molecule has 29 heavy (non-hydrogen) atoms. The zero-order valence-electron chi connectivity index (χ0n) is 16.7. The van der Waals surface area contributed by atoms with Crippen LogP contribution in [0.2, 0.25) is 0 Å². The van der Waals surface area contributed by atoms with Crippen LogP contribution < -0.4 is 4.90 Å². The lowest BCUT2D eigenvalue weighted by Gasteiger charge is -2.35. The molecule has 3 heterocycles. The van der Waals surface area contributed by atoms with Crippen LogP contribution in [0.4, 0.5) is 11.5 Å². The van der Waals surface area contributed by atoms with Gasteiger partial charge in [0, 0.05) is 37.8 Å². The summed E-state index contributed by atoms with van der Waals surface area (Å²) in [6.45, 7) is 4.68. The summed E-state index contributed by atoms with van der Waals surface area (Å²) in [7, 11) is 1.83. The van der Waals surface area contributed by atoms with Crippen molar-refractivity contribution in [2.45, 2.75) is 13.0 Å². The molecular formula is C20H24N6O2S. The van der Waals surface area contributed by atoms with Crippen LogP contribution in [0, 0.1) is 4.91 Å². The molecule has 1 saturated heterocycles. The summed E-state index contributed by atoms with van der Waals surface area (Å²) < 4.78 is 5.53. The number of rotatable bonds is 3. The molecule has 9 heteroatoms. The predicted molar refractivity (Wildman–Crippen MR) is 117 cm³/mol. The van der Waals surface area contributed by atoms with E-state index in [4.69, 9.17) is 14.7 Å². The molecule has 8 nitrogen and oxygen atoms in total. The zero-order chi connectivity index (χ0) is 20.2. The molecule has 0 aliphatic carbocycles. The smallest absolute Gasteiger partial charge is 0.161 e. The lowest BCUT2D eigenvalue weighted by molar-refractivity contribution is 0.122. The molecule has 0 saturated carbocycles. The third kappa shape index (κ3) is 4.11. The number of thioether (sulfide) groups is 1. The van der Waals surface area contributed by atoms with Gasteiger partial charge in [0.05, 0.1) is 25.5 Å². The van der Waals surface area contributed by atoms with Crippen LogP contribution in [0.15, 0.2) is 34.4 Å². The first-order chi connectivity index (χ1) is 14.2. The number of benzene rings is 1. The molecule has 152 valence electrons. The van der Waals surface area contributed by atoms with Crippen molar-refractivity contribution in [1.29, 1.82) is 0 Å². The molecule has 2 aromatic rings. The molecule has 1 aromatic heterocycles. The van der Waals surface area contributed by atoms with Gasteiger partial charge < -0.3 is 14.5 Å². The number of ether oxygens (including phenoxy) is 1. The molecule has 0 unspecified atom stereocenters. The first kappa shape index (κ1) is 19.8. The third-order valence-corrected chi connectivity index (χ3v) is 6.04. The Labute approximate surface area is 174 Å². The number of morpholine rings is 1. The fraction of sp³-hybridized carbons (Fsp3) is 0.450. The van der Waals surface area contributed by atoms with Crippen molar-refractivity contribution in [3.8, 4) is 11.4 Å². The Kier molecular flexibility index (Phi) is 6.05. The quantitative estimate of drug-likeness (QED) is 0.435. The highest BCUT2D eigenvalue weighted by Crippen LogP contribution is 2.31. The molecular weight excluding hydrogens is 388 g/mol. The average Bonchev–Trinajstić information content (AvgIpc) is 2.79. The van der Waals surface area contributed by atoms with Crippen molar-refractivity contribution in [3.63, 3.8) is 0 Å². The van der Waals surface area contributed by atoms with E-state index in [0.29, 0.717) is 31.3 Å². The summed E-state index contributed by atoms with van der Waals surface area (Å²) in [5.41, 5.74) is 3.53. The Bertz CT molecular complexity index is 912. The summed E-state index contributed by atoms with van der Waals surface area (Å²) in [5, 5.41) is 4.00. The monoisotopic (exact) mass is 412 g/mol. The normalized spacial score (nSPS) is 17.2. The second-order valence-electron chi connectivity index (χ2n) is 6.92. The molecule has 2 aliphatic heterocycles. The molecule has 1 aromatic carbocycles. The van der Waals surface area contributed by atoms with E-state index in [9.17, 15) is 4.91 Å². The maximum Gasteiger partial charge on any atom is 0.161 e. The molecule has 4 rings (SSSR count). The topological polar surface area (TPSA) is 83.3 Å². The molecule has 1 fully saturated rings. The van der Waals surface area contributed by atoms with Crippen molar-refractivity contribution in [2.75, 3.05) is 51.1 Å². The number of aliphatic imine (C=N–C) groups is 1. The van der Waals surface area contributed by atoms with Gasteiger partial charge in [-0.15, -0.1) is 4.91 Å². The van der Waals surface area contributed by atoms with Crippen LogP contribution in [0.1, 0.15) is 11.3 Å². The lowest BCUT2D eigenvalue weighted by atomic mass is 10.0. The minimum Gasteiger partial charge on any atom is -0.378 e. The van der Waals surface area contributed by atoms with Gasteiger partial charge >= 0.3 is 0 Å². The highest BCUT2D eigenvalue weighted by atomic mass is 32.2. The van der Waals surface area contributed by atoms with Crippen LogP contribution in [-0.4, -0.2) is 66.2 Å². The molecule has 0 spiro atoms. The molecule has 0 amide bonds. The van der Waals surface area contributed by atoms with Crippen molar-refractivity contribution >= 4 is 28.4 Å². The van der Waals surface area contributed by atoms with Gasteiger partial charge in [0.1, 0.15) is 11.5 Å². The Morgan fingerprint density at radius 3 is 2.55 bits per heavy atom. The number of aromatic nitrogens is 2. The maximum atomic E-state index is 10.7. The van der Waals surface area contributed by atoms with E-state index in [1.165, 1.54) is 5.56 Å². The minimum atomic E-state index is 0.398. The van der Waals surface area contributed by atoms with E-state index in [1.807, 2.05) is 25.4 Å². The van der Waals surface area contributed by atoms with Gasteiger partial charge in [-0.05, 0) is 42.1 Å². The van der Waals surface area contributed by atoms with Crippen molar-refractivity contribution in [2.24, 2.45) is 10.2 Å². The average molecular weight is 413 g/mol. The lowest BCUT2D eigenvalue weighted by Crippen LogP contribution is -2.40. The first-order valence-electron chi connectivity index (χ1n) is 9.65. The van der Waals surface area contributed by atoms with Crippen LogP contribution in [-0.2, 0) is 17.7 Å². The Balaban J connectivity index is 1.76. The number of nitrogens with zero attached hydrogens (tertiary/aromatic N) is 6. The summed E-state index contributed by atoms with van der Waals surface area (Å²) in [6, 6.07) is 7.09. The van der Waals surface area contributed by atoms with Crippen molar-refractivity contribution in [1.82, 2.24) is 14.9 Å². The molecule has 2 aliphatic rings. The van der Waals surface area contributed by atoms with Crippen LogP contribution in [0.25, 0.3) is 11.4 Å². The Hall–Kier alpha value is -2.52. The summed E-state index contributed by atoms with van der Waals surface area (Å²) in [5.74, 6) is 1.67. The number of hydrogen-bond donors (Lipinski definition) is 0. The van der Waals surface area contributed by atoms with Gasteiger partial charge in [0.25, 0.3) is 0 Å². The van der Waals surface area contributed by atoms with Gasteiger partial charge in [-0.1, -0.05) is 11.8 Å². The summed E-state index contributed by atoms with van der Waals surface area (Å²) in [6.07, 6.45) is 2.93. The maximum absolute atomic E-state index is 10.7. The number of hydrogen-bond acceptors (Lipinski definition) is 8. The second kappa shape index (κ2) is 8.87. The molecule has 0 atom stereocenters. The zero-order valence-corrected chi connectivity index (χ0v) is 17.5. The van der Waals surface area contributed by atoms with E-state index in [0.717, 1.165) is 48.3 Å². The molecule has 0 N–H and O–H groups in total. The number of anilines is 1. The van der Waals surface area contributed by atoms with E-state index in [-0.39, 0.29) is 0 Å². The van der Waals surface area contributed by atoms with E-state index < -0.39 is 0 Å². The summed E-state index contributed by atoms with van der Waals surface area (Å²) in [4.78, 5) is 29.6. The van der Waals surface area contributed by atoms with Crippen molar-refractivity contribution in [3.05, 3.63) is 40.4 Å². The number of nitroso groups, excluding NO2 is 1. The Morgan fingerprint density at radius 1 is 1.14 bits per heavy atom. The SMILES string of the molecule is CN=C(SC)N1CCc2c(nc(-c3ccc(N=O)cc3)nc2N2CCOCC2)C1. The highest BCUT2D eigenvalue weighted by molar-refractivity contribution is 8.13. The van der Waals surface area contributed by atoms with Gasteiger partial charge in [0.2, 0.25) is 0 Å². The highest BCUT2D eigenvalue weighted by Gasteiger charge is 2.27. The van der Waals surface area contributed by atoms with Crippen molar-refractivity contribution < 1.29 is 4.74 Å². The minimum absolute atomic E-state index is 0.398. The van der Waals surface area contributed by atoms with Crippen LogP contribution in [0.3, 0.4) is 0 Å². The summed E-state index contributed by atoms with van der Waals surface area (Å²) >= 11 is 1.65. The van der Waals surface area contributed by atoms with Gasteiger partial charge in [-0.2, -0.15) is 0 Å². The standard InChI is InChI=1S/C20H24N6O2S/c1-21-20(29-2)26-8-7-16-17(13-26)22-18(14-3-5-15(24-27)6-4-14)23-19(16)25-9-11-28-12-10-25/h3-6H,7-13H2,1-2H3. The number of fused-ring (bicyclic) bond motifs is 1. The first-order valence-corrected chi connectivity index (χ1v) is 10.9. The second-order valence-corrected chi connectivity index (χ2v) is 7.69. The van der Waals surface area contributed by atoms with Gasteiger partial charge in [-0.25, -0.2) is 9.97 Å². The van der Waals surface area contributed by atoms with Gasteiger partial charge in [0.15, 0.2) is 11.0 Å². The van der Waals surface area contributed by atoms with Gasteiger partial charge in [-0.3, -0.25) is 4.99 Å². The van der Waals surface area contributed by atoms with E-state index >= 15 is 0 Å². The molecule has 0 radical (unpaired) electrons. The van der Waals surface area contributed by atoms with Crippen LogP contribution in [0.5, 0.6) is 0 Å². The predicted octanol–water partition coefficient (Wildman–Crippen LogP) is 3.09. The molecule has 0 bridgehead atoms. The van der Waals surface area contributed by atoms with E-state index in [1.54, 1.807) is 23.9 Å².